The number of benzene rings is 2. The van der Waals surface area contributed by atoms with Gasteiger partial charge in [0.2, 0.25) is 0 Å². The van der Waals surface area contributed by atoms with Gasteiger partial charge >= 0.3 is 0 Å². The first-order valence-electron chi connectivity index (χ1n) is 4.35. The van der Waals surface area contributed by atoms with Gasteiger partial charge in [-0.2, -0.15) is 0 Å². The minimum Gasteiger partial charge on any atom is -0.508 e. The minimum atomic E-state index is 0.322. The van der Waals surface area contributed by atoms with Crippen LogP contribution in [0, 0.1) is 0 Å². The van der Waals surface area contributed by atoms with E-state index >= 15 is 0 Å². The second kappa shape index (κ2) is 3.42. The first-order valence-corrected chi connectivity index (χ1v) is 4.35. The summed E-state index contributed by atoms with van der Waals surface area (Å²) < 4.78 is 0. The lowest BCUT2D eigenvalue weighted by atomic mass is 9.93. The van der Waals surface area contributed by atoms with Gasteiger partial charge in [-0.15, -0.1) is 0 Å². The Labute approximate surface area is 82.1 Å². The molecule has 2 aliphatic carbocycles. The number of hydrogen-bond donors (Lipinski definition) is 2. The molecule has 0 fully saturated rings. The molecule has 2 N–H and O–H groups in total. The predicted molar refractivity (Wildman–Crippen MR) is 55.2 cm³/mol. The van der Waals surface area contributed by atoms with Gasteiger partial charge < -0.3 is 10.2 Å². The van der Waals surface area contributed by atoms with Crippen LogP contribution in [0.3, 0.4) is 0 Å². The first-order chi connectivity index (χ1) is 6.77. The maximum absolute atomic E-state index is 8.69. The van der Waals surface area contributed by atoms with E-state index in [9.17, 15) is 0 Å². The Kier molecular flexibility index (Phi) is 2.11. The average molecular weight is 186 g/mol. The van der Waals surface area contributed by atoms with Gasteiger partial charge in [0, 0.05) is 5.56 Å². The van der Waals surface area contributed by atoms with Crippen molar-refractivity contribution in [2.24, 2.45) is 0 Å². The van der Waals surface area contributed by atoms with Crippen molar-refractivity contribution in [1.82, 2.24) is 0 Å². The maximum atomic E-state index is 8.69. The Bertz CT molecular complexity index is 429. The van der Waals surface area contributed by atoms with Crippen LogP contribution in [-0.4, -0.2) is 10.2 Å². The van der Waals surface area contributed by atoms with Crippen molar-refractivity contribution < 1.29 is 10.2 Å². The van der Waals surface area contributed by atoms with Crippen LogP contribution in [0.15, 0.2) is 48.5 Å². The highest BCUT2D eigenvalue weighted by Crippen LogP contribution is 2.41. The second-order valence-corrected chi connectivity index (χ2v) is 3.07. The van der Waals surface area contributed by atoms with E-state index in [1.165, 1.54) is 5.56 Å². The number of para-hydroxylation sites is 1. The molecular weight excluding hydrogens is 176 g/mol. The van der Waals surface area contributed by atoms with E-state index in [-0.39, 0.29) is 0 Å². The molecule has 2 nitrogen and oxygen atoms in total. The molecule has 0 amide bonds. The number of aromatic hydroxyl groups is 2. The van der Waals surface area contributed by atoms with Crippen LogP contribution in [0.1, 0.15) is 0 Å². The topological polar surface area (TPSA) is 40.5 Å². The molecule has 1 aromatic rings. The zero-order chi connectivity index (χ0) is 9.97. The summed E-state index contributed by atoms with van der Waals surface area (Å²) >= 11 is 0. The van der Waals surface area contributed by atoms with Crippen molar-refractivity contribution in [3.63, 3.8) is 0 Å². The number of phenolic OH excluding ortho intramolecular Hbond substituents is 2. The maximum Gasteiger partial charge on any atom is 0.124 e. The van der Waals surface area contributed by atoms with Gasteiger partial charge in [0.1, 0.15) is 11.5 Å². The van der Waals surface area contributed by atoms with E-state index in [2.05, 4.69) is 0 Å². The molecular formula is C12H10O2. The lowest BCUT2D eigenvalue weighted by Gasteiger charge is -2.14. The Balaban J connectivity index is 0.000000107. The third-order valence-corrected chi connectivity index (χ3v) is 2.06. The van der Waals surface area contributed by atoms with E-state index in [1.807, 2.05) is 18.2 Å². The van der Waals surface area contributed by atoms with Crippen LogP contribution in [0.4, 0.5) is 0 Å². The molecule has 70 valence electrons. The summed E-state index contributed by atoms with van der Waals surface area (Å²) in [4.78, 5) is 0. The molecule has 0 aromatic heterocycles. The lowest BCUT2D eigenvalue weighted by Crippen LogP contribution is -1.88. The molecule has 14 heavy (non-hydrogen) atoms. The van der Waals surface area contributed by atoms with E-state index in [0.717, 1.165) is 5.56 Å². The van der Waals surface area contributed by atoms with Gasteiger partial charge in [0.05, 0.1) is 0 Å². The molecule has 0 atom stereocenters. The van der Waals surface area contributed by atoms with E-state index in [4.69, 9.17) is 10.2 Å². The monoisotopic (exact) mass is 186 g/mol. The van der Waals surface area contributed by atoms with E-state index in [0.29, 0.717) is 11.5 Å². The summed E-state index contributed by atoms with van der Waals surface area (Å²) in [5, 5.41) is 17.3. The van der Waals surface area contributed by atoms with Gasteiger partial charge in [0.15, 0.2) is 0 Å². The largest absolute Gasteiger partial charge is 0.508 e. The van der Waals surface area contributed by atoms with Crippen LogP contribution in [-0.2, 0) is 0 Å². The van der Waals surface area contributed by atoms with Crippen molar-refractivity contribution in [2.75, 3.05) is 0 Å². The molecule has 0 heterocycles. The Morgan fingerprint density at radius 2 is 1.50 bits per heavy atom. The first kappa shape index (κ1) is 8.63. The van der Waals surface area contributed by atoms with Gasteiger partial charge in [-0.3, -0.25) is 0 Å². The average Bonchev–Trinajstić information content (AvgIpc) is 2.16. The fourth-order valence-corrected chi connectivity index (χ4v) is 1.20. The Morgan fingerprint density at radius 1 is 0.786 bits per heavy atom. The number of hydrogen-bond acceptors (Lipinski definition) is 2. The Morgan fingerprint density at radius 3 is 1.64 bits per heavy atom. The summed E-state index contributed by atoms with van der Waals surface area (Å²) in [5.74, 6) is 0.764. The molecule has 0 saturated carbocycles. The summed E-state index contributed by atoms with van der Waals surface area (Å²) in [5.41, 5.74) is 2.22. The number of fused-ring (bicyclic) bond motifs is 1. The number of phenols is 2. The molecule has 0 spiro atoms. The molecule has 0 bridgehead atoms. The third-order valence-electron chi connectivity index (χ3n) is 2.06. The molecule has 0 saturated heterocycles. The SMILES string of the molecule is Oc1cc2ccc1-2.Oc1ccccc1. The van der Waals surface area contributed by atoms with Gasteiger partial charge in [-0.1, -0.05) is 30.3 Å². The molecule has 3 rings (SSSR count). The van der Waals surface area contributed by atoms with Crippen molar-refractivity contribution in [3.05, 3.63) is 48.5 Å². The van der Waals surface area contributed by atoms with Crippen LogP contribution in [0.2, 0.25) is 0 Å². The highest BCUT2D eigenvalue weighted by molar-refractivity contribution is 5.83. The van der Waals surface area contributed by atoms with Crippen molar-refractivity contribution in [1.29, 1.82) is 0 Å². The lowest BCUT2D eigenvalue weighted by molar-refractivity contribution is 0.472. The fraction of sp³-hybridized carbons (Fsp3) is 0. The van der Waals surface area contributed by atoms with Gasteiger partial charge in [-0.25, -0.2) is 0 Å². The normalized spacial score (nSPS) is 10.0. The smallest absolute Gasteiger partial charge is 0.124 e. The molecule has 0 aliphatic heterocycles. The minimum absolute atomic E-state index is 0.322. The fourth-order valence-electron chi connectivity index (χ4n) is 1.20. The van der Waals surface area contributed by atoms with Crippen molar-refractivity contribution >= 4 is 0 Å². The van der Waals surface area contributed by atoms with Crippen LogP contribution >= 0.6 is 0 Å². The van der Waals surface area contributed by atoms with Gasteiger partial charge in [-0.05, 0) is 23.8 Å². The molecule has 0 unspecified atom stereocenters. The highest BCUT2D eigenvalue weighted by atomic mass is 16.3. The predicted octanol–water partition coefficient (Wildman–Crippen LogP) is 2.76. The summed E-state index contributed by atoms with van der Waals surface area (Å²) in [6.07, 6.45) is 0. The highest BCUT2D eigenvalue weighted by Gasteiger charge is 2.14. The molecule has 1 aromatic carbocycles. The molecule has 2 heteroatoms. The van der Waals surface area contributed by atoms with Crippen LogP contribution in [0.5, 0.6) is 11.5 Å². The van der Waals surface area contributed by atoms with Crippen molar-refractivity contribution in [3.8, 4) is 22.6 Å². The number of rotatable bonds is 0. The van der Waals surface area contributed by atoms with Crippen LogP contribution < -0.4 is 0 Å². The Hall–Kier alpha value is -1.96. The zero-order valence-electron chi connectivity index (χ0n) is 7.51. The second-order valence-electron chi connectivity index (χ2n) is 3.07. The third kappa shape index (κ3) is 1.55. The standard InChI is InChI=1S/C6H4O.C6H6O/c7-6-3-4-1-2-5(4)6;7-6-4-2-1-3-5-6/h1-3,7H;1-5,7H. The zero-order valence-corrected chi connectivity index (χ0v) is 7.51. The van der Waals surface area contributed by atoms with Gasteiger partial charge in [0.25, 0.3) is 0 Å². The quantitative estimate of drug-likeness (QED) is 0.566. The van der Waals surface area contributed by atoms with Crippen LogP contribution in [0.25, 0.3) is 11.1 Å². The summed E-state index contributed by atoms with van der Waals surface area (Å²) in [7, 11) is 0. The van der Waals surface area contributed by atoms with E-state index in [1.54, 1.807) is 30.3 Å². The summed E-state index contributed by atoms with van der Waals surface area (Å²) in [6.45, 7) is 0. The summed E-state index contributed by atoms with van der Waals surface area (Å²) in [6, 6.07) is 14.4. The van der Waals surface area contributed by atoms with E-state index < -0.39 is 0 Å². The molecule has 0 radical (unpaired) electrons. The molecule has 2 aliphatic rings. The van der Waals surface area contributed by atoms with Crippen molar-refractivity contribution in [2.45, 2.75) is 0 Å².